The smallest absolute Gasteiger partial charge is 0.286 e. The predicted molar refractivity (Wildman–Crippen MR) is 111 cm³/mol. The number of hydrogen-bond donors (Lipinski definition) is 1. The van der Waals surface area contributed by atoms with E-state index in [1.54, 1.807) is 31.4 Å². The molecular formula is C21H22N4O2S. The number of nitrogens with one attached hydrogen (secondary N) is 1. The molecule has 2 heterocycles. The molecule has 0 unspecified atom stereocenters. The first-order valence-corrected chi connectivity index (χ1v) is 10.1. The second kappa shape index (κ2) is 7.98. The van der Waals surface area contributed by atoms with E-state index in [1.807, 2.05) is 0 Å². The van der Waals surface area contributed by atoms with Crippen molar-refractivity contribution in [3.8, 4) is 5.75 Å². The molecule has 0 aliphatic carbocycles. The first-order valence-electron chi connectivity index (χ1n) is 9.24. The second-order valence-corrected chi connectivity index (χ2v) is 7.90. The summed E-state index contributed by atoms with van der Waals surface area (Å²) < 4.78 is 5.13. The zero-order valence-corrected chi connectivity index (χ0v) is 16.8. The molecule has 0 atom stereocenters. The lowest BCUT2D eigenvalue weighted by Gasteiger charge is -2.30. The number of nitrogens with zero attached hydrogens (tertiary/aromatic N) is 3. The topological polar surface area (TPSA) is 67.3 Å². The van der Waals surface area contributed by atoms with Crippen LogP contribution in [0.3, 0.4) is 0 Å². The highest BCUT2D eigenvalue weighted by molar-refractivity contribution is 7.13. The summed E-state index contributed by atoms with van der Waals surface area (Å²) in [4.78, 5) is 14.8. The van der Waals surface area contributed by atoms with Crippen molar-refractivity contribution in [1.29, 1.82) is 0 Å². The fourth-order valence-corrected chi connectivity index (χ4v) is 4.15. The Hall–Kier alpha value is -2.93. The molecule has 0 saturated heterocycles. The van der Waals surface area contributed by atoms with Crippen LogP contribution in [0.2, 0.25) is 0 Å². The minimum atomic E-state index is -0.247. The zero-order chi connectivity index (χ0) is 19.5. The number of aromatic nitrogens is 2. The maximum Gasteiger partial charge on any atom is 0.286 e. The van der Waals surface area contributed by atoms with E-state index in [2.05, 4.69) is 45.5 Å². The molecule has 1 N–H and O–H groups in total. The van der Waals surface area contributed by atoms with Gasteiger partial charge in [0.2, 0.25) is 5.01 Å². The highest BCUT2D eigenvalue weighted by Gasteiger charge is 2.20. The molecule has 2 aromatic carbocycles. The van der Waals surface area contributed by atoms with Gasteiger partial charge in [0, 0.05) is 17.9 Å². The number of carbonyl (C=O) groups excluding carboxylic acids is 1. The van der Waals surface area contributed by atoms with E-state index in [9.17, 15) is 4.79 Å². The number of aryl methyl sites for hydroxylation is 2. The van der Waals surface area contributed by atoms with Crippen LogP contribution in [0.15, 0.2) is 42.5 Å². The van der Waals surface area contributed by atoms with Crippen LogP contribution in [0.4, 0.5) is 11.4 Å². The van der Waals surface area contributed by atoms with Gasteiger partial charge in [-0.25, -0.2) is 0 Å². The molecule has 28 heavy (non-hydrogen) atoms. The van der Waals surface area contributed by atoms with Gasteiger partial charge in [0.1, 0.15) is 10.8 Å². The van der Waals surface area contributed by atoms with E-state index in [0.717, 1.165) is 30.1 Å². The predicted octanol–water partition coefficient (Wildman–Crippen LogP) is 4.06. The Labute approximate surface area is 168 Å². The number of benzene rings is 2. The van der Waals surface area contributed by atoms with Crippen LogP contribution in [0.1, 0.15) is 32.4 Å². The minimum Gasteiger partial charge on any atom is -0.497 e. The van der Waals surface area contributed by atoms with Crippen molar-refractivity contribution in [3.05, 3.63) is 63.6 Å². The first-order chi connectivity index (χ1) is 13.6. The van der Waals surface area contributed by atoms with Crippen LogP contribution in [0, 0.1) is 6.92 Å². The van der Waals surface area contributed by atoms with Crippen molar-refractivity contribution in [3.63, 3.8) is 0 Å². The van der Waals surface area contributed by atoms with E-state index in [1.165, 1.54) is 28.2 Å². The van der Waals surface area contributed by atoms with E-state index in [0.29, 0.717) is 17.2 Å². The monoisotopic (exact) mass is 394 g/mol. The summed E-state index contributed by atoms with van der Waals surface area (Å²) >= 11 is 1.34. The number of rotatable bonds is 5. The summed E-state index contributed by atoms with van der Waals surface area (Å²) in [6.45, 7) is 3.78. The van der Waals surface area contributed by atoms with Crippen LogP contribution >= 0.6 is 11.3 Å². The number of hydrogen-bond acceptors (Lipinski definition) is 6. The number of methoxy groups -OCH3 is 1. The number of amides is 1. The average Bonchev–Trinajstić information content (AvgIpc) is 3.17. The fraction of sp³-hybridized carbons (Fsp3) is 0.286. The van der Waals surface area contributed by atoms with Crippen molar-refractivity contribution < 1.29 is 9.53 Å². The van der Waals surface area contributed by atoms with Gasteiger partial charge in [-0.2, -0.15) is 0 Å². The summed E-state index contributed by atoms with van der Waals surface area (Å²) in [7, 11) is 1.61. The largest absolute Gasteiger partial charge is 0.497 e. The minimum absolute atomic E-state index is 0.247. The zero-order valence-electron chi connectivity index (χ0n) is 15.9. The normalized spacial score (nSPS) is 13.1. The standard InChI is InChI=1S/C21H22N4O2S/c1-14-5-10-18-15(12-14)4-3-11-25(18)13-19-23-24-21(28-19)20(26)22-16-6-8-17(27-2)9-7-16/h5-10,12H,3-4,11,13H2,1-2H3,(H,22,26). The molecule has 3 aromatic rings. The first kappa shape index (κ1) is 18.4. The molecule has 0 fully saturated rings. The van der Waals surface area contributed by atoms with Crippen LogP contribution in [0.25, 0.3) is 0 Å². The molecule has 1 aliphatic rings. The van der Waals surface area contributed by atoms with E-state index >= 15 is 0 Å². The molecule has 144 valence electrons. The lowest BCUT2D eigenvalue weighted by atomic mass is 10.00. The van der Waals surface area contributed by atoms with Crippen LogP contribution in [-0.4, -0.2) is 29.8 Å². The van der Waals surface area contributed by atoms with Gasteiger partial charge in [0.25, 0.3) is 5.91 Å². The number of fused-ring (bicyclic) bond motifs is 1. The highest BCUT2D eigenvalue weighted by atomic mass is 32.1. The maximum atomic E-state index is 12.5. The Bertz CT molecular complexity index is 984. The van der Waals surface area contributed by atoms with E-state index in [4.69, 9.17) is 4.74 Å². The molecule has 0 saturated carbocycles. The number of carbonyl (C=O) groups is 1. The molecule has 0 radical (unpaired) electrons. The van der Waals surface area contributed by atoms with Crippen molar-refractivity contribution in [1.82, 2.24) is 10.2 Å². The Morgan fingerprint density at radius 3 is 2.82 bits per heavy atom. The molecule has 1 aromatic heterocycles. The molecule has 0 bridgehead atoms. The maximum absolute atomic E-state index is 12.5. The lowest BCUT2D eigenvalue weighted by Crippen LogP contribution is -2.28. The van der Waals surface area contributed by atoms with Crippen LogP contribution in [-0.2, 0) is 13.0 Å². The van der Waals surface area contributed by atoms with Gasteiger partial charge in [-0.15, -0.1) is 10.2 Å². The summed E-state index contributed by atoms with van der Waals surface area (Å²) in [5.74, 6) is 0.497. The molecular weight excluding hydrogens is 372 g/mol. The van der Waals surface area contributed by atoms with Gasteiger partial charge in [-0.1, -0.05) is 29.0 Å². The molecule has 7 heteroatoms. The fourth-order valence-electron chi connectivity index (χ4n) is 3.40. The number of anilines is 2. The lowest BCUT2D eigenvalue weighted by molar-refractivity contribution is 0.102. The van der Waals surface area contributed by atoms with Crippen molar-refractivity contribution in [2.75, 3.05) is 23.9 Å². The molecule has 6 nitrogen and oxygen atoms in total. The molecule has 1 amide bonds. The molecule has 1 aliphatic heterocycles. The van der Waals surface area contributed by atoms with Crippen molar-refractivity contribution in [2.45, 2.75) is 26.3 Å². The van der Waals surface area contributed by atoms with Crippen molar-refractivity contribution >= 4 is 28.6 Å². The van der Waals surface area contributed by atoms with E-state index < -0.39 is 0 Å². The van der Waals surface area contributed by atoms with E-state index in [-0.39, 0.29) is 5.91 Å². The van der Waals surface area contributed by atoms with Crippen LogP contribution < -0.4 is 15.0 Å². The van der Waals surface area contributed by atoms with Gasteiger partial charge < -0.3 is 15.0 Å². The third-order valence-electron chi connectivity index (χ3n) is 4.78. The number of ether oxygens (including phenoxy) is 1. The van der Waals surface area contributed by atoms with Gasteiger partial charge >= 0.3 is 0 Å². The quantitative estimate of drug-likeness (QED) is 0.707. The summed E-state index contributed by atoms with van der Waals surface area (Å²) in [6.07, 6.45) is 2.24. The third-order valence-corrected chi connectivity index (χ3v) is 5.69. The second-order valence-electron chi connectivity index (χ2n) is 6.84. The summed E-state index contributed by atoms with van der Waals surface area (Å²) in [5, 5.41) is 12.4. The Balaban J connectivity index is 1.44. The molecule has 0 spiro atoms. The van der Waals surface area contributed by atoms with Gasteiger partial charge in [0.15, 0.2) is 0 Å². The van der Waals surface area contributed by atoms with Crippen LogP contribution in [0.5, 0.6) is 5.75 Å². The van der Waals surface area contributed by atoms with Gasteiger partial charge in [0.05, 0.1) is 13.7 Å². The summed E-state index contributed by atoms with van der Waals surface area (Å²) in [6, 6.07) is 13.8. The molecule has 4 rings (SSSR count). The highest BCUT2D eigenvalue weighted by Crippen LogP contribution is 2.29. The Kier molecular flexibility index (Phi) is 5.25. The third kappa shape index (κ3) is 3.99. The average molecular weight is 395 g/mol. The van der Waals surface area contributed by atoms with Crippen molar-refractivity contribution in [2.24, 2.45) is 0 Å². The van der Waals surface area contributed by atoms with Gasteiger partial charge in [-0.3, -0.25) is 4.79 Å². The Morgan fingerprint density at radius 2 is 2.04 bits per heavy atom. The van der Waals surface area contributed by atoms with Gasteiger partial charge in [-0.05, 0) is 55.7 Å². The SMILES string of the molecule is COc1ccc(NC(=O)c2nnc(CN3CCCc4cc(C)ccc43)s2)cc1. The summed E-state index contributed by atoms with van der Waals surface area (Å²) in [5.41, 5.74) is 4.63. The Morgan fingerprint density at radius 1 is 1.21 bits per heavy atom.